The van der Waals surface area contributed by atoms with Crippen LogP contribution in [0.4, 0.5) is 0 Å². The molecule has 0 aliphatic carbocycles. The van der Waals surface area contributed by atoms with Crippen LogP contribution in [0.25, 0.3) is 0 Å². The highest BCUT2D eigenvalue weighted by Crippen LogP contribution is 2.09. The maximum Gasteiger partial charge on any atom is 0.128 e. The van der Waals surface area contributed by atoms with E-state index in [1.54, 1.807) is 0 Å². The van der Waals surface area contributed by atoms with Gasteiger partial charge in [0.2, 0.25) is 0 Å². The summed E-state index contributed by atoms with van der Waals surface area (Å²) in [6.45, 7) is 0. The predicted molar refractivity (Wildman–Crippen MR) is 82.3 cm³/mol. The number of nitrogens with zero attached hydrogens (tertiary/aromatic N) is 1. The zero-order valence-electron chi connectivity index (χ0n) is 9.61. The molecule has 0 amide bonds. The van der Waals surface area contributed by atoms with E-state index in [2.05, 4.69) is 0 Å². The smallest absolute Gasteiger partial charge is 0.128 e. The quantitative estimate of drug-likeness (QED) is 0.517. The average molecular weight is 272 g/mol. The summed E-state index contributed by atoms with van der Waals surface area (Å²) in [5, 5.41) is 1.37. The van der Waals surface area contributed by atoms with E-state index in [0.717, 1.165) is 11.1 Å². The van der Waals surface area contributed by atoms with Gasteiger partial charge >= 0.3 is 0 Å². The summed E-state index contributed by atoms with van der Waals surface area (Å²) in [7, 11) is 0. The van der Waals surface area contributed by atoms with Crippen molar-refractivity contribution >= 4 is 34.4 Å². The van der Waals surface area contributed by atoms with Gasteiger partial charge in [0, 0.05) is 11.1 Å². The summed E-state index contributed by atoms with van der Waals surface area (Å²) in [5.74, 6) is 5.98. The molecule has 2 aromatic carbocycles. The minimum absolute atomic E-state index is 0.518. The first-order valence-electron chi connectivity index (χ1n) is 5.44. The SMILES string of the molecule is NN(C(=S)c1ccccc1)C(=S)c1ccccc1. The molecule has 0 atom stereocenters. The van der Waals surface area contributed by atoms with Crippen LogP contribution in [-0.4, -0.2) is 15.0 Å². The molecule has 0 radical (unpaired) electrons. The molecule has 4 heteroatoms. The topological polar surface area (TPSA) is 29.3 Å². The Hall–Kier alpha value is -1.62. The normalized spacial score (nSPS) is 9.83. The highest BCUT2D eigenvalue weighted by molar-refractivity contribution is 7.82. The number of thiocarbonyl (C=S) groups is 2. The van der Waals surface area contributed by atoms with Gasteiger partial charge in [0.1, 0.15) is 9.98 Å². The molecule has 18 heavy (non-hydrogen) atoms. The van der Waals surface area contributed by atoms with E-state index in [0.29, 0.717) is 9.98 Å². The van der Waals surface area contributed by atoms with Gasteiger partial charge in [0.15, 0.2) is 0 Å². The van der Waals surface area contributed by atoms with Gasteiger partial charge in [-0.15, -0.1) is 0 Å². The Labute approximate surface area is 117 Å². The van der Waals surface area contributed by atoms with Crippen LogP contribution in [0.15, 0.2) is 60.7 Å². The van der Waals surface area contributed by atoms with Crippen molar-refractivity contribution in [2.45, 2.75) is 0 Å². The van der Waals surface area contributed by atoms with Crippen molar-refractivity contribution in [2.24, 2.45) is 5.84 Å². The van der Waals surface area contributed by atoms with E-state index in [-0.39, 0.29) is 0 Å². The number of hydrogen-bond donors (Lipinski definition) is 1. The molecule has 0 unspecified atom stereocenters. The fraction of sp³-hybridized carbons (Fsp3) is 0. The molecule has 2 nitrogen and oxygen atoms in total. The number of rotatable bonds is 2. The maximum atomic E-state index is 5.98. The molecule has 0 aliphatic heterocycles. The number of benzene rings is 2. The average Bonchev–Trinajstić information content (AvgIpc) is 2.47. The molecule has 0 aliphatic rings. The summed E-state index contributed by atoms with van der Waals surface area (Å²) in [6.07, 6.45) is 0. The highest BCUT2D eigenvalue weighted by atomic mass is 32.1. The molecule has 0 spiro atoms. The molecule has 0 heterocycles. The van der Waals surface area contributed by atoms with Crippen molar-refractivity contribution < 1.29 is 0 Å². The zero-order chi connectivity index (χ0) is 13.0. The molecule has 2 N–H and O–H groups in total. The second-order valence-corrected chi connectivity index (χ2v) is 4.49. The van der Waals surface area contributed by atoms with Crippen LogP contribution < -0.4 is 5.84 Å². The van der Waals surface area contributed by atoms with Crippen molar-refractivity contribution in [2.75, 3.05) is 0 Å². The van der Waals surface area contributed by atoms with Gasteiger partial charge in [-0.05, 0) is 0 Å². The molecule has 2 rings (SSSR count). The Morgan fingerprint density at radius 2 is 1.06 bits per heavy atom. The van der Waals surface area contributed by atoms with E-state index in [9.17, 15) is 0 Å². The van der Waals surface area contributed by atoms with Crippen molar-refractivity contribution in [3.63, 3.8) is 0 Å². The van der Waals surface area contributed by atoms with Crippen LogP contribution >= 0.6 is 24.4 Å². The number of hydrazine groups is 1. The molecular weight excluding hydrogens is 260 g/mol. The first-order valence-corrected chi connectivity index (χ1v) is 6.25. The molecular formula is C14H12N2S2. The van der Waals surface area contributed by atoms with Gasteiger partial charge in [0.25, 0.3) is 0 Å². The van der Waals surface area contributed by atoms with E-state index < -0.39 is 0 Å². The summed E-state index contributed by atoms with van der Waals surface area (Å²) in [5.41, 5.74) is 1.77. The molecule has 0 bridgehead atoms. The second kappa shape index (κ2) is 5.82. The van der Waals surface area contributed by atoms with Crippen LogP contribution in [0.1, 0.15) is 11.1 Å². The van der Waals surface area contributed by atoms with E-state index >= 15 is 0 Å². The molecule has 90 valence electrons. The van der Waals surface area contributed by atoms with Crippen LogP contribution in [0, 0.1) is 0 Å². The minimum atomic E-state index is 0.518. The van der Waals surface area contributed by atoms with Crippen LogP contribution in [0.5, 0.6) is 0 Å². The first kappa shape index (κ1) is 12.8. The summed E-state index contributed by atoms with van der Waals surface area (Å²) in [4.78, 5) is 1.04. The fourth-order valence-electron chi connectivity index (χ4n) is 1.53. The third-order valence-corrected chi connectivity index (χ3v) is 3.34. The van der Waals surface area contributed by atoms with Gasteiger partial charge in [-0.25, -0.2) is 5.84 Å². The van der Waals surface area contributed by atoms with Gasteiger partial charge in [-0.1, -0.05) is 85.1 Å². The Bertz CT molecular complexity index is 501. The molecule has 0 saturated carbocycles. The number of nitrogens with two attached hydrogens (primary N) is 1. The third kappa shape index (κ3) is 2.79. The Balaban J connectivity index is 2.20. The minimum Gasteiger partial charge on any atom is -0.257 e. The van der Waals surface area contributed by atoms with E-state index in [1.807, 2.05) is 60.7 Å². The van der Waals surface area contributed by atoms with Crippen molar-refractivity contribution in [1.82, 2.24) is 5.01 Å². The molecule has 0 saturated heterocycles. The summed E-state index contributed by atoms with van der Waals surface area (Å²) < 4.78 is 0. The molecule has 0 fully saturated rings. The molecule has 2 aromatic rings. The van der Waals surface area contributed by atoms with Gasteiger partial charge in [-0.2, -0.15) is 0 Å². The monoisotopic (exact) mass is 272 g/mol. The van der Waals surface area contributed by atoms with Crippen LogP contribution in [-0.2, 0) is 0 Å². The predicted octanol–water partition coefficient (Wildman–Crippen LogP) is 2.91. The highest BCUT2D eigenvalue weighted by Gasteiger charge is 2.13. The fourth-order valence-corrected chi connectivity index (χ4v) is 2.04. The van der Waals surface area contributed by atoms with Gasteiger partial charge in [-0.3, -0.25) is 5.01 Å². The Morgan fingerprint density at radius 1 is 0.722 bits per heavy atom. The lowest BCUT2D eigenvalue weighted by atomic mass is 10.2. The lowest BCUT2D eigenvalue weighted by Gasteiger charge is -2.20. The summed E-state index contributed by atoms with van der Waals surface area (Å²) >= 11 is 10.7. The standard InChI is InChI=1S/C14H12N2S2/c15-16(13(17)11-7-3-1-4-8-11)14(18)12-9-5-2-6-10-12/h1-10H,15H2. The summed E-state index contributed by atoms with van der Waals surface area (Å²) in [6, 6.07) is 19.2. The van der Waals surface area contributed by atoms with Crippen molar-refractivity contribution in [3.8, 4) is 0 Å². The van der Waals surface area contributed by atoms with Crippen molar-refractivity contribution in [1.29, 1.82) is 0 Å². The second-order valence-electron chi connectivity index (χ2n) is 3.71. The lowest BCUT2D eigenvalue weighted by molar-refractivity contribution is 0.682. The molecule has 0 aromatic heterocycles. The van der Waals surface area contributed by atoms with Crippen LogP contribution in [0.3, 0.4) is 0 Å². The van der Waals surface area contributed by atoms with E-state index in [1.165, 1.54) is 5.01 Å². The number of hydrogen-bond acceptors (Lipinski definition) is 3. The zero-order valence-corrected chi connectivity index (χ0v) is 11.2. The lowest BCUT2D eigenvalue weighted by Crippen LogP contribution is -2.41. The maximum absolute atomic E-state index is 5.98. The van der Waals surface area contributed by atoms with E-state index in [4.69, 9.17) is 30.3 Å². The largest absolute Gasteiger partial charge is 0.257 e. The van der Waals surface area contributed by atoms with Gasteiger partial charge < -0.3 is 0 Å². The van der Waals surface area contributed by atoms with Crippen molar-refractivity contribution in [3.05, 3.63) is 71.8 Å². The third-order valence-electron chi connectivity index (χ3n) is 2.48. The Kier molecular flexibility index (Phi) is 4.15. The first-order chi connectivity index (χ1) is 8.70. The van der Waals surface area contributed by atoms with Gasteiger partial charge in [0.05, 0.1) is 0 Å². The Morgan fingerprint density at radius 3 is 1.39 bits per heavy atom. The van der Waals surface area contributed by atoms with Crippen LogP contribution in [0.2, 0.25) is 0 Å².